The Hall–Kier alpha value is -0.610. The van der Waals surface area contributed by atoms with Gasteiger partial charge in [0.05, 0.1) is 0 Å². The Bertz CT molecular complexity index is 257. The average molecular weight is 254 g/mol. The minimum atomic E-state index is 0.245. The van der Waals surface area contributed by atoms with Gasteiger partial charge in [-0.05, 0) is 51.5 Å². The molecule has 18 heavy (non-hydrogen) atoms. The van der Waals surface area contributed by atoms with Crippen molar-refractivity contribution < 1.29 is 9.53 Å². The monoisotopic (exact) mass is 254 g/mol. The molecule has 104 valence electrons. The second-order valence-electron chi connectivity index (χ2n) is 5.64. The molecule has 1 heterocycles. The lowest BCUT2D eigenvalue weighted by Gasteiger charge is -2.28. The van der Waals surface area contributed by atoms with E-state index in [1.165, 1.54) is 0 Å². The molecule has 2 aliphatic rings. The molecule has 1 aliphatic carbocycles. The van der Waals surface area contributed by atoms with E-state index in [2.05, 4.69) is 10.6 Å². The first-order valence-corrected chi connectivity index (χ1v) is 7.32. The largest absolute Gasteiger partial charge is 0.381 e. The minimum absolute atomic E-state index is 0.245. The number of ether oxygens (including phenoxy) is 1. The maximum atomic E-state index is 12.1. The highest BCUT2D eigenvalue weighted by Gasteiger charge is 2.25. The van der Waals surface area contributed by atoms with Gasteiger partial charge < -0.3 is 15.4 Å². The van der Waals surface area contributed by atoms with Crippen LogP contribution in [0.2, 0.25) is 0 Å². The lowest BCUT2D eigenvalue weighted by atomic mass is 9.85. The van der Waals surface area contributed by atoms with Gasteiger partial charge in [-0.15, -0.1) is 0 Å². The SMILES string of the molecule is CNC1CCC(C(=O)NCC2CCOCC2)CC1. The quantitative estimate of drug-likeness (QED) is 0.795. The fourth-order valence-corrected chi connectivity index (χ4v) is 2.98. The molecule has 2 N–H and O–H groups in total. The van der Waals surface area contributed by atoms with Crippen molar-refractivity contribution in [1.82, 2.24) is 10.6 Å². The molecule has 4 nitrogen and oxygen atoms in total. The molecule has 4 heteroatoms. The van der Waals surface area contributed by atoms with Crippen molar-refractivity contribution >= 4 is 5.91 Å². The van der Waals surface area contributed by atoms with Crippen LogP contribution in [0, 0.1) is 11.8 Å². The molecule has 1 saturated heterocycles. The number of amides is 1. The lowest BCUT2D eigenvalue weighted by Crippen LogP contribution is -2.39. The van der Waals surface area contributed by atoms with Gasteiger partial charge in [-0.2, -0.15) is 0 Å². The van der Waals surface area contributed by atoms with Crippen molar-refractivity contribution in [2.24, 2.45) is 11.8 Å². The van der Waals surface area contributed by atoms with E-state index in [1.54, 1.807) is 0 Å². The Kier molecular flexibility index (Phi) is 5.45. The summed E-state index contributed by atoms with van der Waals surface area (Å²) in [6, 6.07) is 0.615. The van der Waals surface area contributed by atoms with Crippen LogP contribution in [0.15, 0.2) is 0 Å². The number of hydrogen-bond donors (Lipinski definition) is 2. The van der Waals surface area contributed by atoms with Gasteiger partial charge in [0.1, 0.15) is 0 Å². The van der Waals surface area contributed by atoms with Gasteiger partial charge in [-0.1, -0.05) is 0 Å². The van der Waals surface area contributed by atoms with Crippen LogP contribution < -0.4 is 10.6 Å². The van der Waals surface area contributed by atoms with Crippen molar-refractivity contribution in [3.8, 4) is 0 Å². The maximum Gasteiger partial charge on any atom is 0.223 e. The van der Waals surface area contributed by atoms with Gasteiger partial charge >= 0.3 is 0 Å². The molecule has 0 bridgehead atoms. The molecule has 0 aromatic rings. The Morgan fingerprint density at radius 1 is 1.11 bits per heavy atom. The second kappa shape index (κ2) is 7.10. The minimum Gasteiger partial charge on any atom is -0.381 e. The highest BCUT2D eigenvalue weighted by molar-refractivity contribution is 5.78. The lowest BCUT2D eigenvalue weighted by molar-refractivity contribution is -0.126. The van der Waals surface area contributed by atoms with Crippen LogP contribution in [0.4, 0.5) is 0 Å². The van der Waals surface area contributed by atoms with Crippen LogP contribution in [-0.4, -0.2) is 38.8 Å². The van der Waals surface area contributed by atoms with E-state index < -0.39 is 0 Å². The zero-order chi connectivity index (χ0) is 12.8. The molecule has 0 spiro atoms. The number of rotatable bonds is 4. The van der Waals surface area contributed by atoms with E-state index >= 15 is 0 Å². The Balaban J connectivity index is 1.65. The summed E-state index contributed by atoms with van der Waals surface area (Å²) in [5, 5.41) is 6.44. The normalized spacial score (nSPS) is 30.1. The predicted molar refractivity (Wildman–Crippen MR) is 71.4 cm³/mol. The van der Waals surface area contributed by atoms with E-state index in [0.29, 0.717) is 12.0 Å². The predicted octanol–water partition coefficient (Wildman–Crippen LogP) is 1.31. The number of carbonyl (C=O) groups excluding carboxylic acids is 1. The topological polar surface area (TPSA) is 50.4 Å². The van der Waals surface area contributed by atoms with Gasteiger partial charge in [-0.3, -0.25) is 4.79 Å². The van der Waals surface area contributed by atoms with Crippen LogP contribution in [0.25, 0.3) is 0 Å². The van der Waals surface area contributed by atoms with Crippen molar-refractivity contribution in [2.75, 3.05) is 26.8 Å². The molecule has 0 aromatic carbocycles. The molecular weight excluding hydrogens is 228 g/mol. The number of carbonyl (C=O) groups is 1. The number of hydrogen-bond acceptors (Lipinski definition) is 3. The standard InChI is InChI=1S/C14H26N2O2/c1-15-13-4-2-12(3-5-13)14(17)16-10-11-6-8-18-9-7-11/h11-13,15H,2-10H2,1H3,(H,16,17). The fourth-order valence-electron chi connectivity index (χ4n) is 2.98. The summed E-state index contributed by atoms with van der Waals surface area (Å²) in [6.07, 6.45) is 6.51. The summed E-state index contributed by atoms with van der Waals surface area (Å²) in [5.74, 6) is 1.14. The third-order valence-electron chi connectivity index (χ3n) is 4.41. The summed E-state index contributed by atoms with van der Waals surface area (Å²) in [7, 11) is 2.01. The zero-order valence-corrected chi connectivity index (χ0v) is 11.4. The highest BCUT2D eigenvalue weighted by atomic mass is 16.5. The van der Waals surface area contributed by atoms with E-state index in [1.807, 2.05) is 7.05 Å². The van der Waals surface area contributed by atoms with Crippen molar-refractivity contribution in [2.45, 2.75) is 44.6 Å². The molecule has 2 fully saturated rings. The van der Waals surface area contributed by atoms with Crippen LogP contribution in [0.1, 0.15) is 38.5 Å². The zero-order valence-electron chi connectivity index (χ0n) is 11.4. The van der Waals surface area contributed by atoms with Crippen LogP contribution >= 0.6 is 0 Å². The molecular formula is C14H26N2O2. The smallest absolute Gasteiger partial charge is 0.223 e. The molecule has 0 aromatic heterocycles. The van der Waals surface area contributed by atoms with E-state index in [4.69, 9.17) is 4.74 Å². The molecule has 1 aliphatic heterocycles. The molecule has 1 saturated carbocycles. The van der Waals surface area contributed by atoms with Crippen LogP contribution in [0.3, 0.4) is 0 Å². The summed E-state index contributed by atoms with van der Waals surface area (Å²) >= 11 is 0. The van der Waals surface area contributed by atoms with E-state index in [0.717, 1.165) is 58.3 Å². The van der Waals surface area contributed by atoms with Crippen molar-refractivity contribution in [1.29, 1.82) is 0 Å². The van der Waals surface area contributed by atoms with Gasteiger partial charge in [-0.25, -0.2) is 0 Å². The average Bonchev–Trinajstić information content (AvgIpc) is 2.46. The second-order valence-corrected chi connectivity index (χ2v) is 5.64. The van der Waals surface area contributed by atoms with Gasteiger partial charge in [0.25, 0.3) is 0 Å². The molecule has 0 unspecified atom stereocenters. The third-order valence-corrected chi connectivity index (χ3v) is 4.41. The summed E-state index contributed by atoms with van der Waals surface area (Å²) < 4.78 is 5.33. The Morgan fingerprint density at radius 3 is 2.39 bits per heavy atom. The van der Waals surface area contributed by atoms with Crippen LogP contribution in [-0.2, 0) is 9.53 Å². The first-order valence-electron chi connectivity index (χ1n) is 7.32. The first-order chi connectivity index (χ1) is 8.79. The highest BCUT2D eigenvalue weighted by Crippen LogP contribution is 2.24. The van der Waals surface area contributed by atoms with Gasteiger partial charge in [0.2, 0.25) is 5.91 Å². The van der Waals surface area contributed by atoms with Crippen LogP contribution in [0.5, 0.6) is 0 Å². The van der Waals surface area contributed by atoms with Gasteiger partial charge in [0, 0.05) is 31.7 Å². The Morgan fingerprint density at radius 2 is 1.78 bits per heavy atom. The molecule has 0 radical (unpaired) electrons. The first kappa shape index (κ1) is 13.8. The van der Waals surface area contributed by atoms with Crippen molar-refractivity contribution in [3.63, 3.8) is 0 Å². The van der Waals surface area contributed by atoms with Crippen molar-refractivity contribution in [3.05, 3.63) is 0 Å². The molecule has 1 amide bonds. The van der Waals surface area contributed by atoms with E-state index in [-0.39, 0.29) is 11.8 Å². The maximum absolute atomic E-state index is 12.1. The summed E-state index contributed by atoms with van der Waals surface area (Å²) in [4.78, 5) is 12.1. The fraction of sp³-hybridized carbons (Fsp3) is 0.929. The third kappa shape index (κ3) is 3.95. The molecule has 0 atom stereocenters. The number of nitrogens with one attached hydrogen (secondary N) is 2. The van der Waals surface area contributed by atoms with E-state index in [9.17, 15) is 4.79 Å². The summed E-state index contributed by atoms with van der Waals surface area (Å²) in [6.45, 7) is 2.55. The summed E-state index contributed by atoms with van der Waals surface area (Å²) in [5.41, 5.74) is 0. The Labute approximate surface area is 110 Å². The van der Waals surface area contributed by atoms with Gasteiger partial charge in [0.15, 0.2) is 0 Å². The molecule has 2 rings (SSSR count).